The van der Waals surface area contributed by atoms with Crippen molar-refractivity contribution in [2.75, 3.05) is 0 Å². The van der Waals surface area contributed by atoms with Crippen LogP contribution >= 0.6 is 0 Å². The number of aryl methyl sites for hydroxylation is 2. The third-order valence-corrected chi connectivity index (χ3v) is 4.87. The number of fused-ring (bicyclic) bond motifs is 1. The molecule has 0 aliphatic heterocycles. The van der Waals surface area contributed by atoms with Crippen molar-refractivity contribution in [3.8, 4) is 5.75 Å². The maximum Gasteiger partial charge on any atom is 0.279 e. The second kappa shape index (κ2) is 8.17. The zero-order valence-corrected chi connectivity index (χ0v) is 16.6. The lowest BCUT2D eigenvalue weighted by molar-refractivity contribution is -0.132. The van der Waals surface area contributed by atoms with E-state index >= 15 is 0 Å². The number of hydrazine groups is 1. The summed E-state index contributed by atoms with van der Waals surface area (Å²) in [6.45, 7) is 7.64. The Balaban J connectivity index is 1.57. The fourth-order valence-electron chi connectivity index (χ4n) is 3.07. The number of amides is 2. The first-order valence-corrected chi connectivity index (χ1v) is 9.23. The van der Waals surface area contributed by atoms with Gasteiger partial charge >= 0.3 is 0 Å². The minimum atomic E-state index is -0.741. The molecule has 0 fully saturated rings. The molecule has 28 heavy (non-hydrogen) atoms. The number of carbonyl (C=O) groups excluding carboxylic acids is 2. The van der Waals surface area contributed by atoms with Gasteiger partial charge in [0.2, 0.25) is 0 Å². The number of hydrogen-bond donors (Lipinski definition) is 2. The first-order valence-electron chi connectivity index (χ1n) is 9.23. The summed E-state index contributed by atoms with van der Waals surface area (Å²) < 4.78 is 7.64. The Morgan fingerprint density at radius 3 is 2.57 bits per heavy atom. The topological polar surface area (TPSA) is 72.4 Å². The molecule has 0 unspecified atom stereocenters. The second-order valence-corrected chi connectivity index (χ2v) is 6.93. The lowest BCUT2D eigenvalue weighted by Gasteiger charge is -2.17. The van der Waals surface area contributed by atoms with Crippen molar-refractivity contribution in [2.45, 2.75) is 40.3 Å². The van der Waals surface area contributed by atoms with Gasteiger partial charge in [0, 0.05) is 11.2 Å². The Hall–Kier alpha value is -3.28. The smallest absolute Gasteiger partial charge is 0.279 e. The van der Waals surface area contributed by atoms with Gasteiger partial charge in [0.25, 0.3) is 11.8 Å². The first-order chi connectivity index (χ1) is 13.4. The van der Waals surface area contributed by atoms with Crippen molar-refractivity contribution in [2.24, 2.45) is 0 Å². The average molecular weight is 379 g/mol. The molecular weight excluding hydrogens is 354 g/mol. The molecule has 0 aliphatic carbocycles. The number of benzene rings is 2. The van der Waals surface area contributed by atoms with E-state index in [1.807, 2.05) is 73.9 Å². The average Bonchev–Trinajstić information content (AvgIpc) is 2.98. The van der Waals surface area contributed by atoms with E-state index < -0.39 is 12.0 Å². The summed E-state index contributed by atoms with van der Waals surface area (Å²) in [6.07, 6.45) is -0.741. The van der Waals surface area contributed by atoms with Crippen LogP contribution in [-0.4, -0.2) is 22.5 Å². The number of aromatic nitrogens is 1. The lowest BCUT2D eigenvalue weighted by atomic mass is 10.1. The van der Waals surface area contributed by atoms with Gasteiger partial charge in [-0.05, 0) is 62.4 Å². The van der Waals surface area contributed by atoms with E-state index in [0.29, 0.717) is 5.75 Å². The van der Waals surface area contributed by atoms with Crippen molar-refractivity contribution in [1.29, 1.82) is 0 Å². The van der Waals surface area contributed by atoms with Crippen LogP contribution in [-0.2, 0) is 16.1 Å². The van der Waals surface area contributed by atoms with Crippen LogP contribution in [0.2, 0.25) is 0 Å². The van der Waals surface area contributed by atoms with Crippen LogP contribution < -0.4 is 15.6 Å². The maximum atomic E-state index is 12.3. The maximum absolute atomic E-state index is 12.3. The van der Waals surface area contributed by atoms with Crippen LogP contribution in [0.15, 0.2) is 48.5 Å². The highest BCUT2D eigenvalue weighted by Crippen LogP contribution is 2.22. The molecule has 0 aliphatic rings. The molecule has 146 valence electrons. The number of hydrogen-bond acceptors (Lipinski definition) is 3. The highest BCUT2D eigenvalue weighted by atomic mass is 16.5. The molecule has 1 heterocycles. The van der Waals surface area contributed by atoms with Crippen molar-refractivity contribution in [3.05, 3.63) is 65.4 Å². The highest BCUT2D eigenvalue weighted by molar-refractivity contribution is 5.86. The molecule has 2 amide bonds. The Morgan fingerprint density at radius 1 is 1.04 bits per heavy atom. The van der Waals surface area contributed by atoms with Crippen LogP contribution in [0, 0.1) is 20.8 Å². The van der Waals surface area contributed by atoms with Gasteiger partial charge in [-0.1, -0.05) is 30.3 Å². The fourth-order valence-corrected chi connectivity index (χ4v) is 3.07. The molecular formula is C22H25N3O3. The van der Waals surface area contributed by atoms with E-state index in [0.717, 1.165) is 27.7 Å². The van der Waals surface area contributed by atoms with E-state index in [4.69, 9.17) is 4.74 Å². The van der Waals surface area contributed by atoms with E-state index in [1.165, 1.54) is 0 Å². The summed E-state index contributed by atoms with van der Waals surface area (Å²) >= 11 is 0. The quantitative estimate of drug-likeness (QED) is 0.669. The van der Waals surface area contributed by atoms with Crippen molar-refractivity contribution in [3.63, 3.8) is 0 Å². The van der Waals surface area contributed by atoms with Crippen LogP contribution in [0.1, 0.15) is 23.7 Å². The molecule has 3 rings (SSSR count). The van der Waals surface area contributed by atoms with E-state index in [-0.39, 0.29) is 12.5 Å². The number of para-hydroxylation sites is 1. The third kappa shape index (κ3) is 4.17. The lowest BCUT2D eigenvalue weighted by Crippen LogP contribution is -2.48. The monoisotopic (exact) mass is 379 g/mol. The van der Waals surface area contributed by atoms with Crippen molar-refractivity contribution >= 4 is 22.7 Å². The van der Waals surface area contributed by atoms with Gasteiger partial charge in [-0.15, -0.1) is 0 Å². The largest absolute Gasteiger partial charge is 0.481 e. The van der Waals surface area contributed by atoms with Gasteiger partial charge in [-0.3, -0.25) is 20.4 Å². The van der Waals surface area contributed by atoms with Gasteiger partial charge in [-0.25, -0.2) is 0 Å². The second-order valence-electron chi connectivity index (χ2n) is 6.93. The molecule has 0 spiro atoms. The first kappa shape index (κ1) is 19.5. The fraction of sp³-hybridized carbons (Fsp3) is 0.273. The number of rotatable bonds is 5. The molecule has 0 saturated heterocycles. The number of ether oxygens (including phenoxy) is 1. The third-order valence-electron chi connectivity index (χ3n) is 4.87. The van der Waals surface area contributed by atoms with Gasteiger partial charge in [-0.2, -0.15) is 0 Å². The van der Waals surface area contributed by atoms with Gasteiger partial charge in [0.15, 0.2) is 6.10 Å². The molecule has 0 radical (unpaired) electrons. The highest BCUT2D eigenvalue weighted by Gasteiger charge is 2.17. The van der Waals surface area contributed by atoms with Gasteiger partial charge in [0.05, 0.1) is 0 Å². The Morgan fingerprint density at radius 2 is 1.79 bits per heavy atom. The van der Waals surface area contributed by atoms with Crippen molar-refractivity contribution < 1.29 is 14.3 Å². The molecule has 2 aromatic carbocycles. The van der Waals surface area contributed by atoms with Crippen LogP contribution in [0.3, 0.4) is 0 Å². The van der Waals surface area contributed by atoms with Gasteiger partial charge < -0.3 is 9.30 Å². The minimum absolute atomic E-state index is 0.117. The van der Waals surface area contributed by atoms with Crippen molar-refractivity contribution in [1.82, 2.24) is 15.4 Å². The Labute approximate surface area is 164 Å². The molecule has 1 aromatic heterocycles. The van der Waals surface area contributed by atoms with E-state index in [9.17, 15) is 9.59 Å². The standard InChI is InChI=1S/C22H25N3O3/c1-14-8-7-11-20(16(14)3)28-17(4)22(27)24-23-21(26)13-25-15(2)12-18-9-5-6-10-19(18)25/h5-12,17H,13H2,1-4H3,(H,23,26)(H,24,27)/t17-/m0/s1. The SMILES string of the molecule is Cc1cccc(O[C@@H](C)C(=O)NNC(=O)Cn2c(C)cc3ccccc32)c1C. The molecule has 0 saturated carbocycles. The molecule has 6 nitrogen and oxygen atoms in total. The minimum Gasteiger partial charge on any atom is -0.481 e. The molecule has 6 heteroatoms. The summed E-state index contributed by atoms with van der Waals surface area (Å²) in [4.78, 5) is 24.6. The summed E-state index contributed by atoms with van der Waals surface area (Å²) in [5, 5.41) is 1.08. The normalized spacial score (nSPS) is 11.9. The summed E-state index contributed by atoms with van der Waals surface area (Å²) in [7, 11) is 0. The van der Waals surface area contributed by atoms with Crippen LogP contribution in [0.5, 0.6) is 5.75 Å². The zero-order valence-electron chi connectivity index (χ0n) is 16.6. The summed E-state index contributed by atoms with van der Waals surface area (Å²) in [5.74, 6) is -0.0662. The van der Waals surface area contributed by atoms with E-state index in [1.54, 1.807) is 6.92 Å². The van der Waals surface area contributed by atoms with Crippen LogP contribution in [0.25, 0.3) is 10.9 Å². The predicted octanol–water partition coefficient (Wildman–Crippen LogP) is 3.18. The molecule has 2 N–H and O–H groups in total. The van der Waals surface area contributed by atoms with Gasteiger partial charge in [0.1, 0.15) is 12.3 Å². The number of carbonyl (C=O) groups is 2. The summed E-state index contributed by atoms with van der Waals surface area (Å²) in [6, 6.07) is 15.6. The number of nitrogens with zero attached hydrogens (tertiary/aromatic N) is 1. The molecule has 3 aromatic rings. The zero-order chi connectivity index (χ0) is 20.3. The molecule has 0 bridgehead atoms. The summed E-state index contributed by atoms with van der Waals surface area (Å²) in [5.41, 5.74) is 8.94. The van der Waals surface area contributed by atoms with Crippen LogP contribution in [0.4, 0.5) is 0 Å². The molecule has 1 atom stereocenters. The Bertz CT molecular complexity index is 1020. The number of nitrogens with one attached hydrogen (secondary N) is 2. The predicted molar refractivity (Wildman–Crippen MR) is 109 cm³/mol. The van der Waals surface area contributed by atoms with E-state index in [2.05, 4.69) is 10.9 Å². The Kier molecular flexibility index (Phi) is 5.68.